The normalized spacial score (nSPS) is 20.4. The van der Waals surface area contributed by atoms with Crippen molar-refractivity contribution in [2.24, 2.45) is 0 Å². The molecule has 22 heavy (non-hydrogen) atoms. The average Bonchev–Trinajstić information content (AvgIpc) is 2.48. The van der Waals surface area contributed by atoms with Gasteiger partial charge in [0, 0.05) is 19.6 Å². The van der Waals surface area contributed by atoms with E-state index in [2.05, 4.69) is 0 Å². The molecule has 0 bridgehead atoms. The van der Waals surface area contributed by atoms with E-state index >= 15 is 0 Å². The smallest absolute Gasteiger partial charge is 0.387 e. The summed E-state index contributed by atoms with van der Waals surface area (Å²) >= 11 is 0. The summed E-state index contributed by atoms with van der Waals surface area (Å²) in [6, 6.07) is 8.38. The first-order chi connectivity index (χ1) is 10.2. The van der Waals surface area contributed by atoms with Crippen molar-refractivity contribution in [2.75, 3.05) is 19.6 Å². The Morgan fingerprint density at radius 2 is 1.77 bits per heavy atom. The van der Waals surface area contributed by atoms with E-state index < -0.39 is 30.7 Å². The molecule has 1 unspecified atom stereocenters. The van der Waals surface area contributed by atoms with Gasteiger partial charge in [0.15, 0.2) is 5.60 Å². The molecule has 1 aromatic rings. The Morgan fingerprint density at radius 1 is 1.23 bits per heavy atom. The van der Waals surface area contributed by atoms with Crippen LogP contribution in [0.4, 0.5) is 13.2 Å². The quantitative estimate of drug-likeness (QED) is 0.895. The zero-order chi connectivity index (χ0) is 16.4. The number of likely N-dealkylation sites (tertiary alicyclic amines) is 1. The molecule has 0 radical (unpaired) electrons. The van der Waals surface area contributed by atoms with Crippen molar-refractivity contribution in [3.8, 4) is 6.07 Å². The molecule has 0 aromatic heterocycles. The molecule has 2 rings (SSSR count). The van der Waals surface area contributed by atoms with Crippen LogP contribution in [0.2, 0.25) is 0 Å². The van der Waals surface area contributed by atoms with Crippen LogP contribution in [0.15, 0.2) is 24.3 Å². The fourth-order valence-corrected chi connectivity index (χ4v) is 2.52. The highest BCUT2D eigenvalue weighted by atomic mass is 19.4. The minimum absolute atomic E-state index is 0.0728. The molecule has 1 aliphatic rings. The van der Waals surface area contributed by atoms with Crippen LogP contribution in [-0.4, -0.2) is 46.5 Å². The lowest BCUT2D eigenvalue weighted by atomic mass is 9.90. The highest BCUT2D eigenvalue weighted by Gasteiger charge is 2.54. The van der Waals surface area contributed by atoms with Crippen molar-refractivity contribution in [3.63, 3.8) is 0 Å². The number of nitrogens with zero attached hydrogens (tertiary/aromatic N) is 2. The first-order valence-electron chi connectivity index (χ1n) is 6.95. The van der Waals surface area contributed by atoms with Crippen LogP contribution >= 0.6 is 0 Å². The van der Waals surface area contributed by atoms with Gasteiger partial charge in [-0.1, -0.05) is 12.1 Å². The number of halogens is 3. The molecule has 0 aliphatic carbocycles. The van der Waals surface area contributed by atoms with Gasteiger partial charge >= 0.3 is 6.18 Å². The molecule has 1 saturated heterocycles. The number of aliphatic hydroxyl groups excluding tert-OH is 1. The lowest BCUT2D eigenvalue weighted by molar-refractivity contribution is -0.273. The Kier molecular flexibility index (Phi) is 4.75. The average molecular weight is 314 g/mol. The van der Waals surface area contributed by atoms with Crippen LogP contribution in [0, 0.1) is 11.3 Å². The zero-order valence-corrected chi connectivity index (χ0v) is 11.8. The van der Waals surface area contributed by atoms with Crippen molar-refractivity contribution < 1.29 is 23.4 Å². The molecule has 0 amide bonds. The van der Waals surface area contributed by atoms with Crippen LogP contribution in [0.1, 0.15) is 30.1 Å². The van der Waals surface area contributed by atoms with E-state index in [1.165, 1.54) is 0 Å². The predicted molar refractivity (Wildman–Crippen MR) is 72.8 cm³/mol. The topological polar surface area (TPSA) is 67.5 Å². The number of aliphatic hydroxyl groups is 2. The number of rotatable bonds is 3. The molecule has 120 valence electrons. The van der Waals surface area contributed by atoms with Gasteiger partial charge in [0.05, 0.1) is 17.7 Å². The molecule has 1 aromatic carbocycles. The molecule has 0 saturated carbocycles. The van der Waals surface area contributed by atoms with Crippen molar-refractivity contribution in [2.45, 2.75) is 30.7 Å². The molecule has 1 heterocycles. The Labute approximate surface area is 126 Å². The van der Waals surface area contributed by atoms with Crippen LogP contribution in [0.5, 0.6) is 0 Å². The van der Waals surface area contributed by atoms with Gasteiger partial charge in [0.1, 0.15) is 0 Å². The monoisotopic (exact) mass is 314 g/mol. The second-order valence-electron chi connectivity index (χ2n) is 5.58. The second-order valence-corrected chi connectivity index (χ2v) is 5.58. The molecule has 1 fully saturated rings. The molecule has 7 heteroatoms. The molecule has 4 nitrogen and oxygen atoms in total. The molecular formula is C15H17F3N2O2. The van der Waals surface area contributed by atoms with Crippen molar-refractivity contribution >= 4 is 0 Å². The number of benzene rings is 1. The minimum Gasteiger partial charge on any atom is -0.387 e. The van der Waals surface area contributed by atoms with Gasteiger partial charge in [-0.2, -0.15) is 18.4 Å². The second kappa shape index (κ2) is 6.24. The lowest BCUT2D eigenvalue weighted by Gasteiger charge is -2.39. The Balaban J connectivity index is 1.91. The molecule has 0 spiro atoms. The number of β-amino-alcohol motifs (C(OH)–C–C–N with tert-alkyl or cyclic N) is 1. The Morgan fingerprint density at radius 3 is 2.23 bits per heavy atom. The maximum Gasteiger partial charge on any atom is 0.417 e. The summed E-state index contributed by atoms with van der Waals surface area (Å²) in [5, 5.41) is 28.4. The van der Waals surface area contributed by atoms with Crippen LogP contribution in [0.3, 0.4) is 0 Å². The maximum absolute atomic E-state index is 12.7. The SMILES string of the molecule is N#Cc1ccc(C(O)CN2CCC(O)(C(F)(F)F)CC2)cc1. The summed E-state index contributed by atoms with van der Waals surface area (Å²) in [7, 11) is 0. The first-order valence-corrected chi connectivity index (χ1v) is 6.95. The summed E-state index contributed by atoms with van der Waals surface area (Å²) in [5.41, 5.74) is -1.54. The van der Waals surface area contributed by atoms with E-state index in [1.54, 1.807) is 29.2 Å². The van der Waals surface area contributed by atoms with Crippen molar-refractivity contribution in [3.05, 3.63) is 35.4 Å². The van der Waals surface area contributed by atoms with Gasteiger partial charge < -0.3 is 15.1 Å². The highest BCUT2D eigenvalue weighted by molar-refractivity contribution is 5.32. The summed E-state index contributed by atoms with van der Waals surface area (Å²) in [4.78, 5) is 1.70. The number of hydrogen-bond acceptors (Lipinski definition) is 4. The van der Waals surface area contributed by atoms with Gasteiger partial charge in [-0.25, -0.2) is 0 Å². The summed E-state index contributed by atoms with van der Waals surface area (Å²) in [6.45, 7) is 0.340. The van der Waals surface area contributed by atoms with Gasteiger partial charge in [-0.05, 0) is 30.5 Å². The van der Waals surface area contributed by atoms with Gasteiger partial charge in [-0.3, -0.25) is 0 Å². The molecule has 2 N–H and O–H groups in total. The molecular weight excluding hydrogens is 297 g/mol. The predicted octanol–water partition coefficient (Wildman–Crippen LogP) is 1.98. The zero-order valence-electron chi connectivity index (χ0n) is 11.8. The number of hydrogen-bond donors (Lipinski definition) is 2. The lowest BCUT2D eigenvalue weighted by Crippen LogP contribution is -2.53. The van der Waals surface area contributed by atoms with E-state index in [1.807, 2.05) is 6.07 Å². The minimum atomic E-state index is -4.62. The highest BCUT2D eigenvalue weighted by Crippen LogP contribution is 2.38. The van der Waals surface area contributed by atoms with Crippen molar-refractivity contribution in [1.82, 2.24) is 4.90 Å². The third kappa shape index (κ3) is 3.58. The summed E-state index contributed by atoms with van der Waals surface area (Å²) in [5.74, 6) is 0. The van der Waals surface area contributed by atoms with E-state index in [4.69, 9.17) is 5.26 Å². The third-order valence-corrected chi connectivity index (χ3v) is 4.07. The largest absolute Gasteiger partial charge is 0.417 e. The standard InChI is InChI=1S/C15H17F3N2O2/c16-15(17,18)14(22)5-7-20(8-6-14)10-13(21)12-3-1-11(9-19)2-4-12/h1-4,13,21-22H,5-8,10H2. The fraction of sp³-hybridized carbons (Fsp3) is 0.533. The fourth-order valence-electron chi connectivity index (χ4n) is 2.52. The van der Waals surface area contributed by atoms with Crippen LogP contribution in [0.25, 0.3) is 0 Å². The van der Waals surface area contributed by atoms with E-state index in [9.17, 15) is 23.4 Å². The van der Waals surface area contributed by atoms with E-state index in [-0.39, 0.29) is 19.6 Å². The van der Waals surface area contributed by atoms with Crippen molar-refractivity contribution in [1.29, 1.82) is 5.26 Å². The number of alkyl halides is 3. The molecule has 1 aliphatic heterocycles. The Bertz CT molecular complexity index is 543. The maximum atomic E-state index is 12.7. The summed E-state index contributed by atoms with van der Waals surface area (Å²) in [6.07, 6.45) is -6.25. The van der Waals surface area contributed by atoms with E-state index in [0.29, 0.717) is 11.1 Å². The Hall–Kier alpha value is -1.62. The number of piperidine rings is 1. The van der Waals surface area contributed by atoms with Gasteiger partial charge in [-0.15, -0.1) is 0 Å². The first kappa shape index (κ1) is 16.7. The summed E-state index contributed by atoms with van der Waals surface area (Å²) < 4.78 is 38.1. The molecule has 1 atom stereocenters. The van der Waals surface area contributed by atoms with Gasteiger partial charge in [0.2, 0.25) is 0 Å². The van der Waals surface area contributed by atoms with Crippen LogP contribution in [-0.2, 0) is 0 Å². The van der Waals surface area contributed by atoms with Gasteiger partial charge in [0.25, 0.3) is 0 Å². The van der Waals surface area contributed by atoms with E-state index in [0.717, 1.165) is 0 Å². The number of nitriles is 1. The van der Waals surface area contributed by atoms with Crippen LogP contribution < -0.4 is 0 Å². The third-order valence-electron chi connectivity index (χ3n) is 4.07.